The lowest BCUT2D eigenvalue weighted by atomic mass is 9.45. The van der Waals surface area contributed by atoms with E-state index in [-0.39, 0.29) is 24.4 Å². The van der Waals surface area contributed by atoms with E-state index in [4.69, 9.17) is 16.6 Å². The molecule has 2 nitrogen and oxygen atoms in total. The molecule has 1 N–H and O–H groups in total. The molecule has 0 spiro atoms. The molecule has 3 heteroatoms. The first-order valence-electron chi connectivity index (χ1n) is 12.1. The molecule has 0 radical (unpaired) electrons. The topological polar surface area (TPSA) is 33.1 Å². The minimum Gasteiger partial charge on any atom is -0.395 e. The number of aromatic nitrogens is 1. The van der Waals surface area contributed by atoms with Gasteiger partial charge in [0, 0.05) is 28.8 Å². The second-order valence-corrected chi connectivity index (χ2v) is 10.1. The second-order valence-electron chi connectivity index (χ2n) is 9.74. The average Bonchev–Trinajstić information content (AvgIpc) is 2.93. The van der Waals surface area contributed by atoms with Gasteiger partial charge in [0.2, 0.25) is 0 Å². The lowest BCUT2D eigenvalue weighted by Crippen LogP contribution is -2.52. The fourth-order valence-electron chi connectivity index (χ4n) is 6.96. The number of hydrogen-bond donors (Lipinski definition) is 1. The van der Waals surface area contributed by atoms with Crippen molar-refractivity contribution >= 4 is 22.5 Å². The highest BCUT2D eigenvalue weighted by molar-refractivity contribution is 6.35. The molecular weight excluding hydrogens is 450 g/mol. The van der Waals surface area contributed by atoms with Crippen molar-refractivity contribution in [3.63, 3.8) is 0 Å². The Morgan fingerprint density at radius 1 is 0.743 bits per heavy atom. The van der Waals surface area contributed by atoms with E-state index in [1.807, 2.05) is 30.3 Å². The van der Waals surface area contributed by atoms with E-state index in [0.29, 0.717) is 5.02 Å². The number of pyridine rings is 1. The first-order valence-corrected chi connectivity index (χ1v) is 12.5. The van der Waals surface area contributed by atoms with Crippen LogP contribution in [-0.2, 0) is 5.41 Å². The summed E-state index contributed by atoms with van der Waals surface area (Å²) in [6.45, 7) is -0.00608. The summed E-state index contributed by atoms with van der Waals surface area (Å²) in [5.74, 6) is 0.194. The standard InChI is InChI=1S/C32H24ClNO/c33-26-18-28(34-27-17-9-6-14-23(26)27)31-29(20-10-2-1-3-11-20)30-21-12-4-7-15-24(21)32(31,19-35)25-16-8-5-13-22(25)30/h1-18,29-31,35H,19H2. The van der Waals surface area contributed by atoms with Gasteiger partial charge in [0.15, 0.2) is 0 Å². The van der Waals surface area contributed by atoms with Crippen molar-refractivity contribution in [3.8, 4) is 0 Å². The van der Waals surface area contributed by atoms with Crippen molar-refractivity contribution in [2.75, 3.05) is 6.61 Å². The fourth-order valence-corrected chi connectivity index (χ4v) is 7.23. The molecule has 1 heterocycles. The molecule has 4 aromatic carbocycles. The van der Waals surface area contributed by atoms with Crippen molar-refractivity contribution in [3.05, 3.63) is 148 Å². The monoisotopic (exact) mass is 473 g/mol. The van der Waals surface area contributed by atoms with Crippen molar-refractivity contribution in [1.82, 2.24) is 4.98 Å². The predicted octanol–water partition coefficient (Wildman–Crippen LogP) is 7.19. The Labute approximate surface area is 209 Å². The summed E-state index contributed by atoms with van der Waals surface area (Å²) in [4.78, 5) is 5.20. The summed E-state index contributed by atoms with van der Waals surface area (Å²) in [5.41, 5.74) is 7.47. The van der Waals surface area contributed by atoms with E-state index >= 15 is 0 Å². The van der Waals surface area contributed by atoms with E-state index in [1.165, 1.54) is 27.8 Å². The largest absolute Gasteiger partial charge is 0.395 e. The summed E-state index contributed by atoms with van der Waals surface area (Å²) in [6, 6.07) is 38.1. The summed E-state index contributed by atoms with van der Waals surface area (Å²) in [7, 11) is 0. The van der Waals surface area contributed by atoms with Gasteiger partial charge in [0.25, 0.3) is 0 Å². The summed E-state index contributed by atoms with van der Waals surface area (Å²) in [6.07, 6.45) is 0. The third-order valence-corrected chi connectivity index (χ3v) is 8.55. The molecule has 35 heavy (non-hydrogen) atoms. The molecule has 0 fully saturated rings. The van der Waals surface area contributed by atoms with Crippen LogP contribution in [0.1, 0.15) is 51.3 Å². The number of halogens is 1. The Morgan fingerprint density at radius 3 is 2.03 bits per heavy atom. The molecule has 2 unspecified atom stereocenters. The number of aliphatic hydroxyl groups excluding tert-OH is 1. The number of aliphatic hydroxyl groups is 1. The molecule has 2 atom stereocenters. The lowest BCUT2D eigenvalue weighted by Gasteiger charge is -2.57. The van der Waals surface area contributed by atoms with Crippen LogP contribution in [0.5, 0.6) is 0 Å². The number of nitrogens with zero attached hydrogens (tertiary/aromatic N) is 1. The van der Waals surface area contributed by atoms with Gasteiger partial charge in [-0.25, -0.2) is 0 Å². The van der Waals surface area contributed by atoms with Gasteiger partial charge in [0.1, 0.15) is 0 Å². The fraction of sp³-hybridized carbons (Fsp3) is 0.156. The highest BCUT2D eigenvalue weighted by atomic mass is 35.5. The molecule has 0 aliphatic heterocycles. The number of para-hydroxylation sites is 1. The van der Waals surface area contributed by atoms with Gasteiger partial charge in [0.05, 0.1) is 22.6 Å². The maximum absolute atomic E-state index is 11.4. The zero-order valence-corrected chi connectivity index (χ0v) is 19.9. The zero-order valence-electron chi connectivity index (χ0n) is 19.1. The smallest absolute Gasteiger partial charge is 0.0720 e. The van der Waals surface area contributed by atoms with Crippen LogP contribution in [0.25, 0.3) is 10.9 Å². The molecular formula is C32H24ClNO. The maximum atomic E-state index is 11.4. The van der Waals surface area contributed by atoms with Crippen LogP contribution in [0.4, 0.5) is 0 Å². The molecule has 5 aromatic rings. The van der Waals surface area contributed by atoms with Crippen LogP contribution in [0.15, 0.2) is 109 Å². The Morgan fingerprint density at radius 2 is 1.34 bits per heavy atom. The van der Waals surface area contributed by atoms with E-state index in [9.17, 15) is 5.11 Å². The third kappa shape index (κ3) is 2.78. The van der Waals surface area contributed by atoms with Crippen molar-refractivity contribution in [2.45, 2.75) is 23.2 Å². The number of fused-ring (bicyclic) bond motifs is 2. The van der Waals surface area contributed by atoms with Crippen molar-refractivity contribution in [1.29, 1.82) is 0 Å². The Balaban J connectivity index is 1.61. The molecule has 3 aliphatic rings. The van der Waals surface area contributed by atoms with Gasteiger partial charge < -0.3 is 5.11 Å². The van der Waals surface area contributed by atoms with Crippen LogP contribution in [0.3, 0.4) is 0 Å². The molecule has 0 saturated heterocycles. The second kappa shape index (κ2) is 7.78. The summed E-state index contributed by atoms with van der Waals surface area (Å²) in [5, 5.41) is 13.0. The highest BCUT2D eigenvalue weighted by Crippen LogP contribution is 2.67. The van der Waals surface area contributed by atoms with Crippen LogP contribution < -0.4 is 0 Å². The Hall–Kier alpha value is -3.46. The maximum Gasteiger partial charge on any atom is 0.0720 e. The number of rotatable bonds is 3. The first-order chi connectivity index (χ1) is 17.2. The molecule has 3 aliphatic carbocycles. The summed E-state index contributed by atoms with van der Waals surface area (Å²) >= 11 is 6.86. The van der Waals surface area contributed by atoms with Gasteiger partial charge >= 0.3 is 0 Å². The molecule has 0 saturated carbocycles. The zero-order chi connectivity index (χ0) is 23.6. The minimum atomic E-state index is -0.624. The van der Waals surface area contributed by atoms with Crippen LogP contribution in [-0.4, -0.2) is 16.7 Å². The minimum absolute atomic E-state index is 0.00608. The van der Waals surface area contributed by atoms with E-state index in [1.54, 1.807) is 0 Å². The Bertz CT molecular complexity index is 1530. The van der Waals surface area contributed by atoms with E-state index < -0.39 is 5.41 Å². The van der Waals surface area contributed by atoms with Crippen LogP contribution in [0, 0.1) is 0 Å². The van der Waals surface area contributed by atoms with Gasteiger partial charge in [-0.05, 0) is 39.9 Å². The quantitative estimate of drug-likeness (QED) is 0.300. The molecule has 0 amide bonds. The molecule has 1 aromatic heterocycles. The van der Waals surface area contributed by atoms with Gasteiger partial charge in [-0.15, -0.1) is 0 Å². The Kier molecular flexibility index (Phi) is 4.64. The van der Waals surface area contributed by atoms with Gasteiger partial charge in [-0.1, -0.05) is 109 Å². The molecule has 8 rings (SSSR count). The van der Waals surface area contributed by atoms with Crippen LogP contribution >= 0.6 is 11.6 Å². The first kappa shape index (κ1) is 20.9. The van der Waals surface area contributed by atoms with Crippen molar-refractivity contribution < 1.29 is 5.11 Å². The number of hydrogen-bond acceptors (Lipinski definition) is 2. The van der Waals surface area contributed by atoms with Crippen LogP contribution in [0.2, 0.25) is 5.02 Å². The molecule has 170 valence electrons. The van der Waals surface area contributed by atoms with Gasteiger partial charge in [-0.3, -0.25) is 4.98 Å². The predicted molar refractivity (Wildman–Crippen MR) is 141 cm³/mol. The van der Waals surface area contributed by atoms with Crippen molar-refractivity contribution in [2.24, 2.45) is 0 Å². The highest BCUT2D eigenvalue weighted by Gasteiger charge is 2.59. The lowest BCUT2D eigenvalue weighted by molar-refractivity contribution is 0.154. The van der Waals surface area contributed by atoms with Gasteiger partial charge in [-0.2, -0.15) is 0 Å². The average molecular weight is 474 g/mol. The van der Waals surface area contributed by atoms with E-state index in [0.717, 1.165) is 16.6 Å². The van der Waals surface area contributed by atoms with E-state index in [2.05, 4.69) is 78.9 Å². The summed E-state index contributed by atoms with van der Waals surface area (Å²) < 4.78 is 0. The third-order valence-electron chi connectivity index (χ3n) is 8.24. The SMILES string of the molecule is OCC12c3ccccc3C(c3ccccc31)C(c1ccccc1)C2c1cc(Cl)c2ccccc2n1. The number of benzene rings is 4. The normalized spacial score (nSPS) is 24.2. The molecule has 2 bridgehead atoms.